The first-order valence-electron chi connectivity index (χ1n) is 1.95. The Balaban J connectivity index is -0.00000000675. The molecule has 0 saturated heterocycles. The molecular formula is C3H12CoNa3O12+3. The monoisotopic (exact) mass is 368 g/mol. The van der Waals surface area contributed by atoms with E-state index in [1.54, 1.807) is 0 Å². The van der Waals surface area contributed by atoms with Crippen LogP contribution in [-0.2, 0) is 16.8 Å². The number of rotatable bonds is 0. The van der Waals surface area contributed by atoms with Crippen molar-refractivity contribution in [2.24, 2.45) is 0 Å². The van der Waals surface area contributed by atoms with Crippen LogP contribution in [0.5, 0.6) is 0 Å². The van der Waals surface area contributed by atoms with Crippen LogP contribution in [0.4, 0.5) is 14.4 Å². The van der Waals surface area contributed by atoms with Gasteiger partial charge in [-0.2, -0.15) is 0 Å². The topological polar surface area (TPSA) is 267 Å². The van der Waals surface area contributed by atoms with Gasteiger partial charge in [-0.25, -0.2) is 14.4 Å². The molecule has 19 heavy (non-hydrogen) atoms. The third kappa shape index (κ3) is 3970. The predicted octanol–water partition coefficient (Wildman–Crippen LogP) is -10.8. The van der Waals surface area contributed by atoms with Gasteiger partial charge in [-0.1, -0.05) is 0 Å². The zero-order valence-electron chi connectivity index (χ0n) is 10.2. The van der Waals surface area contributed by atoms with Crippen LogP contribution in [-0.4, -0.2) is 65.5 Å². The number of carboxylic acid groups (broad SMARTS) is 6. The van der Waals surface area contributed by atoms with Crippen LogP contribution >= 0.6 is 0 Å². The quantitative estimate of drug-likeness (QED) is 0.221. The molecule has 0 fully saturated rings. The van der Waals surface area contributed by atoms with Gasteiger partial charge in [-0.15, -0.1) is 0 Å². The molecule has 0 heterocycles. The fourth-order valence-electron chi connectivity index (χ4n) is 0. The molecular weight excluding hydrogens is 356 g/mol. The van der Waals surface area contributed by atoms with Crippen LogP contribution in [0.1, 0.15) is 0 Å². The van der Waals surface area contributed by atoms with Crippen LogP contribution in [0.2, 0.25) is 0 Å². The summed E-state index contributed by atoms with van der Waals surface area (Å²) in [6.07, 6.45) is -5.50. The minimum atomic E-state index is -1.83. The zero-order chi connectivity index (χ0) is 10.7. The molecule has 0 spiro atoms. The van der Waals surface area contributed by atoms with Crippen molar-refractivity contribution < 1.29 is 167 Å². The van der Waals surface area contributed by atoms with Gasteiger partial charge in [0.25, 0.3) is 0 Å². The molecule has 0 bridgehead atoms. The number of hydrogen-bond acceptors (Lipinski definition) is 3. The normalized spacial score (nSPS) is 3.79. The van der Waals surface area contributed by atoms with Gasteiger partial charge in [0.15, 0.2) is 0 Å². The van der Waals surface area contributed by atoms with E-state index in [0.717, 1.165) is 0 Å². The standard InChI is InChI=1S/3CH2O3.Co.3Na.3H2O/c3*2-1(3)4;;;;;;;/h3*(H2,2,3,4);;;;;3*1H2/q;;;;3*+1;;;. The Bertz CT molecular complexity index is 126. The average molecular weight is 368 g/mol. The summed E-state index contributed by atoms with van der Waals surface area (Å²) >= 11 is 0. The van der Waals surface area contributed by atoms with Crippen LogP contribution < -0.4 is 88.7 Å². The first-order chi connectivity index (χ1) is 5.20. The van der Waals surface area contributed by atoms with E-state index in [-0.39, 0.29) is 122 Å². The molecule has 0 aliphatic rings. The molecule has 0 unspecified atom stereocenters. The van der Waals surface area contributed by atoms with E-state index in [0.29, 0.717) is 0 Å². The Morgan fingerprint density at radius 3 is 0.474 bits per heavy atom. The van der Waals surface area contributed by atoms with E-state index in [2.05, 4.69) is 0 Å². The van der Waals surface area contributed by atoms with Gasteiger partial charge in [0.2, 0.25) is 0 Å². The van der Waals surface area contributed by atoms with Gasteiger partial charge < -0.3 is 47.1 Å². The third-order valence-corrected chi connectivity index (χ3v) is 0. The Morgan fingerprint density at radius 1 is 0.474 bits per heavy atom. The van der Waals surface area contributed by atoms with E-state index in [4.69, 9.17) is 45.0 Å². The first kappa shape index (κ1) is 71.6. The first-order valence-corrected chi connectivity index (χ1v) is 1.95. The van der Waals surface area contributed by atoms with Crippen molar-refractivity contribution in [2.45, 2.75) is 0 Å². The van der Waals surface area contributed by atoms with Crippen LogP contribution in [0.25, 0.3) is 0 Å². The summed E-state index contributed by atoms with van der Waals surface area (Å²) in [6.45, 7) is 0. The van der Waals surface area contributed by atoms with Crippen molar-refractivity contribution >= 4 is 18.5 Å². The number of hydrogen-bond donors (Lipinski definition) is 6. The van der Waals surface area contributed by atoms with Crippen molar-refractivity contribution in [3.8, 4) is 0 Å². The molecule has 0 amide bonds. The van der Waals surface area contributed by atoms with Gasteiger partial charge in [-0.3, -0.25) is 0 Å². The minimum Gasteiger partial charge on any atom is -0.450 e. The maximum absolute atomic E-state index is 8.56. The Morgan fingerprint density at radius 2 is 0.474 bits per heavy atom. The molecule has 0 rings (SSSR count). The van der Waals surface area contributed by atoms with Crippen molar-refractivity contribution in [3.63, 3.8) is 0 Å². The van der Waals surface area contributed by atoms with Crippen molar-refractivity contribution in [1.82, 2.24) is 0 Å². The van der Waals surface area contributed by atoms with E-state index in [9.17, 15) is 0 Å². The summed E-state index contributed by atoms with van der Waals surface area (Å²) in [5, 5.41) is 41.8. The maximum atomic E-state index is 8.56. The van der Waals surface area contributed by atoms with E-state index < -0.39 is 18.5 Å². The Kier molecular flexibility index (Phi) is 230. The minimum absolute atomic E-state index is 0. The summed E-state index contributed by atoms with van der Waals surface area (Å²) in [5.41, 5.74) is 0. The van der Waals surface area contributed by atoms with Crippen molar-refractivity contribution in [3.05, 3.63) is 0 Å². The van der Waals surface area contributed by atoms with Crippen LogP contribution in [0, 0.1) is 0 Å². The van der Waals surface area contributed by atoms with Crippen LogP contribution in [0.3, 0.4) is 0 Å². The molecule has 0 aliphatic carbocycles. The summed E-state index contributed by atoms with van der Waals surface area (Å²) in [4.78, 5) is 25.7. The molecule has 12 N–H and O–H groups in total. The smallest absolute Gasteiger partial charge is 0.450 e. The van der Waals surface area contributed by atoms with Crippen molar-refractivity contribution in [2.75, 3.05) is 0 Å². The van der Waals surface area contributed by atoms with E-state index in [1.165, 1.54) is 0 Å². The largest absolute Gasteiger partial charge is 1.00 e. The second-order valence-electron chi connectivity index (χ2n) is 0.848. The molecule has 0 saturated carbocycles. The maximum Gasteiger partial charge on any atom is 1.00 e. The second kappa shape index (κ2) is 61.1. The molecule has 0 aromatic heterocycles. The van der Waals surface area contributed by atoms with Gasteiger partial charge in [-0.05, 0) is 0 Å². The molecule has 0 aliphatic heterocycles. The van der Waals surface area contributed by atoms with E-state index in [1.807, 2.05) is 0 Å². The Labute approximate surface area is 183 Å². The summed E-state index contributed by atoms with van der Waals surface area (Å²) < 4.78 is 0. The fourth-order valence-corrected chi connectivity index (χ4v) is 0. The molecule has 12 nitrogen and oxygen atoms in total. The van der Waals surface area contributed by atoms with E-state index >= 15 is 0 Å². The summed E-state index contributed by atoms with van der Waals surface area (Å²) in [5.74, 6) is 0. The van der Waals surface area contributed by atoms with Gasteiger partial charge in [0, 0.05) is 16.8 Å². The Hall–Kier alpha value is 1.20. The summed E-state index contributed by atoms with van der Waals surface area (Å²) in [7, 11) is 0. The zero-order valence-corrected chi connectivity index (χ0v) is 17.3. The molecule has 0 atom stereocenters. The van der Waals surface area contributed by atoms with Gasteiger partial charge in [0.05, 0.1) is 0 Å². The van der Waals surface area contributed by atoms with Crippen molar-refractivity contribution in [1.29, 1.82) is 0 Å². The molecule has 105 valence electrons. The molecule has 0 aromatic carbocycles. The van der Waals surface area contributed by atoms with Crippen LogP contribution in [0.15, 0.2) is 0 Å². The second-order valence-corrected chi connectivity index (χ2v) is 0.848. The molecule has 0 aromatic rings. The average Bonchev–Trinajstić information content (AvgIpc) is 1.54. The summed E-state index contributed by atoms with van der Waals surface area (Å²) in [6, 6.07) is 0. The SMILES string of the molecule is O.O.O.O=C(O)O.O=C(O)O.O=C(O)O.[Co].[Na+].[Na+].[Na+]. The third-order valence-electron chi connectivity index (χ3n) is 0. The predicted molar refractivity (Wildman–Crippen MR) is 42.8 cm³/mol. The van der Waals surface area contributed by atoms with Gasteiger partial charge in [0.1, 0.15) is 0 Å². The number of carbonyl (C=O) groups is 3. The molecule has 16 heteroatoms. The molecule has 1 radical (unpaired) electrons. The fraction of sp³-hybridized carbons (Fsp3) is 0. The van der Waals surface area contributed by atoms with Gasteiger partial charge >= 0.3 is 107 Å².